The molecule has 2 N–H and O–H groups in total. The lowest BCUT2D eigenvalue weighted by Gasteiger charge is -2.51. The molecule has 156 valence electrons. The highest BCUT2D eigenvalue weighted by atomic mass is 16.5. The van der Waals surface area contributed by atoms with E-state index in [9.17, 15) is 15.2 Å². The van der Waals surface area contributed by atoms with Gasteiger partial charge in [-0.2, -0.15) is 5.26 Å². The van der Waals surface area contributed by atoms with Crippen LogP contribution in [0.4, 0.5) is 4.79 Å². The van der Waals surface area contributed by atoms with E-state index in [0.29, 0.717) is 0 Å². The van der Waals surface area contributed by atoms with Crippen LogP contribution in [0.15, 0.2) is 48.5 Å². The highest BCUT2D eigenvalue weighted by Crippen LogP contribution is 2.41. The van der Waals surface area contributed by atoms with E-state index >= 15 is 0 Å². The summed E-state index contributed by atoms with van der Waals surface area (Å²) < 4.78 is 5.21. The average Bonchev–Trinajstić information content (AvgIpc) is 3.27. The number of nitriles is 1. The first-order valence-corrected chi connectivity index (χ1v) is 10.5. The number of hydrogen-bond donors (Lipinski definition) is 2. The minimum absolute atomic E-state index is 0.166. The fraction of sp³-hybridized carbons (Fsp3) is 0.417. The van der Waals surface area contributed by atoms with E-state index in [2.05, 4.69) is 11.4 Å². The molecule has 1 aliphatic carbocycles. The molecular weight excluding hydrogens is 378 g/mol. The molecule has 0 bridgehead atoms. The van der Waals surface area contributed by atoms with Crippen molar-refractivity contribution in [1.82, 2.24) is 10.2 Å². The highest BCUT2D eigenvalue weighted by Gasteiger charge is 2.52. The van der Waals surface area contributed by atoms with Gasteiger partial charge in [-0.25, -0.2) is 4.79 Å². The number of nitrogens with zero attached hydrogens (tertiary/aromatic N) is 2. The molecule has 30 heavy (non-hydrogen) atoms. The van der Waals surface area contributed by atoms with Crippen LogP contribution in [0.5, 0.6) is 5.75 Å². The van der Waals surface area contributed by atoms with Crippen molar-refractivity contribution in [3.8, 4) is 22.9 Å². The van der Waals surface area contributed by atoms with Crippen LogP contribution >= 0.6 is 0 Å². The quantitative estimate of drug-likeness (QED) is 0.795. The number of hydrogen-bond acceptors (Lipinski definition) is 4. The van der Waals surface area contributed by atoms with Crippen molar-refractivity contribution in [1.29, 1.82) is 5.26 Å². The number of methoxy groups -OCH3 is 1. The summed E-state index contributed by atoms with van der Waals surface area (Å²) in [6.45, 7) is -0.166. The SMILES string of the molecule is COc1ccc(-c2ccc([C@H]3[C@H](C#N)N(C(=O)NC4CCCC4)[C@H]3CO)cc2)cc1. The first-order chi connectivity index (χ1) is 14.7. The first-order valence-electron chi connectivity index (χ1n) is 10.5. The number of benzene rings is 2. The molecule has 2 aromatic carbocycles. The van der Waals surface area contributed by atoms with Crippen LogP contribution in [0.1, 0.15) is 37.2 Å². The summed E-state index contributed by atoms with van der Waals surface area (Å²) in [5, 5.41) is 22.7. The molecule has 3 atom stereocenters. The van der Waals surface area contributed by atoms with Gasteiger partial charge in [-0.1, -0.05) is 49.2 Å². The Hall–Kier alpha value is -3.04. The molecule has 0 radical (unpaired) electrons. The van der Waals surface area contributed by atoms with Gasteiger partial charge in [0.15, 0.2) is 0 Å². The van der Waals surface area contributed by atoms with E-state index < -0.39 is 6.04 Å². The topological polar surface area (TPSA) is 85.6 Å². The molecule has 4 rings (SSSR count). The molecular formula is C24H27N3O3. The van der Waals surface area contributed by atoms with Crippen LogP contribution < -0.4 is 10.1 Å². The number of likely N-dealkylation sites (tertiary alicyclic amines) is 1. The van der Waals surface area contributed by atoms with Gasteiger partial charge >= 0.3 is 6.03 Å². The summed E-state index contributed by atoms with van der Waals surface area (Å²) in [5.41, 5.74) is 3.09. The largest absolute Gasteiger partial charge is 0.497 e. The maximum atomic E-state index is 12.7. The fourth-order valence-electron chi connectivity index (χ4n) is 4.69. The Morgan fingerprint density at radius 2 is 1.73 bits per heavy atom. The molecule has 0 aromatic heterocycles. The summed E-state index contributed by atoms with van der Waals surface area (Å²) in [7, 11) is 1.64. The Morgan fingerprint density at radius 1 is 1.13 bits per heavy atom. The molecule has 2 amide bonds. The van der Waals surface area contributed by atoms with Crippen molar-refractivity contribution in [2.75, 3.05) is 13.7 Å². The summed E-state index contributed by atoms with van der Waals surface area (Å²) >= 11 is 0. The van der Waals surface area contributed by atoms with Gasteiger partial charge in [0.25, 0.3) is 0 Å². The molecule has 6 heteroatoms. The summed E-state index contributed by atoms with van der Waals surface area (Å²) in [4.78, 5) is 14.2. The van der Waals surface area contributed by atoms with E-state index in [1.165, 1.54) is 4.90 Å². The van der Waals surface area contributed by atoms with Crippen molar-refractivity contribution in [3.63, 3.8) is 0 Å². The van der Waals surface area contributed by atoms with E-state index in [1.54, 1.807) is 7.11 Å². The lowest BCUT2D eigenvalue weighted by molar-refractivity contribution is 0.0158. The number of carbonyl (C=O) groups is 1. The predicted molar refractivity (Wildman–Crippen MR) is 114 cm³/mol. The van der Waals surface area contributed by atoms with Crippen molar-refractivity contribution in [2.45, 2.75) is 49.7 Å². The molecule has 1 aliphatic heterocycles. The highest BCUT2D eigenvalue weighted by molar-refractivity contribution is 5.78. The Kier molecular flexibility index (Phi) is 5.91. The van der Waals surface area contributed by atoms with Crippen LogP contribution in [0.2, 0.25) is 0 Å². The third kappa shape index (κ3) is 3.73. The molecule has 0 spiro atoms. The minimum atomic E-state index is -0.574. The Morgan fingerprint density at radius 3 is 2.27 bits per heavy atom. The number of aliphatic hydroxyl groups is 1. The monoisotopic (exact) mass is 405 g/mol. The number of carbonyl (C=O) groups excluding carboxylic acids is 1. The summed E-state index contributed by atoms with van der Waals surface area (Å²) in [6.07, 6.45) is 4.21. The zero-order valence-electron chi connectivity index (χ0n) is 17.1. The number of aliphatic hydroxyl groups excluding tert-OH is 1. The van der Waals surface area contributed by atoms with Gasteiger partial charge in [0.2, 0.25) is 0 Å². The average molecular weight is 405 g/mol. The third-order valence-electron chi connectivity index (χ3n) is 6.37. The maximum absolute atomic E-state index is 12.7. The lowest BCUT2D eigenvalue weighted by atomic mass is 9.75. The van der Waals surface area contributed by atoms with Crippen molar-refractivity contribution < 1.29 is 14.6 Å². The van der Waals surface area contributed by atoms with E-state index in [0.717, 1.165) is 48.1 Å². The van der Waals surface area contributed by atoms with Gasteiger partial charge in [-0.15, -0.1) is 0 Å². The van der Waals surface area contributed by atoms with Crippen LogP contribution in [-0.2, 0) is 0 Å². The summed E-state index contributed by atoms with van der Waals surface area (Å²) in [5.74, 6) is 0.614. The Labute approximate surface area is 177 Å². The third-order valence-corrected chi connectivity index (χ3v) is 6.37. The van der Waals surface area contributed by atoms with E-state index in [4.69, 9.17) is 4.74 Å². The maximum Gasteiger partial charge on any atom is 0.319 e. The van der Waals surface area contributed by atoms with Gasteiger partial charge in [-0.05, 0) is 41.7 Å². The smallest absolute Gasteiger partial charge is 0.319 e. The van der Waals surface area contributed by atoms with Gasteiger partial charge in [0.1, 0.15) is 11.8 Å². The molecule has 2 aromatic rings. The van der Waals surface area contributed by atoms with Crippen molar-refractivity contribution in [3.05, 3.63) is 54.1 Å². The van der Waals surface area contributed by atoms with Crippen LogP contribution in [0.3, 0.4) is 0 Å². The molecule has 0 unspecified atom stereocenters. The first kappa shape index (κ1) is 20.2. The predicted octanol–water partition coefficient (Wildman–Crippen LogP) is 3.67. The van der Waals surface area contributed by atoms with Gasteiger partial charge in [-0.3, -0.25) is 0 Å². The van der Waals surface area contributed by atoms with E-state index in [1.807, 2.05) is 48.5 Å². The molecule has 1 saturated carbocycles. The molecule has 1 heterocycles. The molecule has 1 saturated heterocycles. The van der Waals surface area contributed by atoms with Crippen LogP contribution in [0.25, 0.3) is 11.1 Å². The van der Waals surface area contributed by atoms with E-state index in [-0.39, 0.29) is 30.6 Å². The number of nitrogens with one attached hydrogen (secondary N) is 1. The number of urea groups is 1. The second-order valence-electron chi connectivity index (χ2n) is 8.04. The number of amides is 2. The Balaban J connectivity index is 1.49. The van der Waals surface area contributed by atoms with Crippen molar-refractivity contribution >= 4 is 6.03 Å². The van der Waals surface area contributed by atoms with Crippen LogP contribution in [-0.4, -0.2) is 47.9 Å². The Bertz CT molecular complexity index is 914. The standard InChI is InChI=1S/C24H27N3O3/c1-30-20-12-10-17(11-13-20)16-6-8-18(9-7-16)23-21(14-25)27(22(23)15-28)24(29)26-19-4-2-3-5-19/h6-13,19,21-23,28H,2-5,15H2,1H3,(H,26,29)/t21-,22-,23-/m0/s1. The van der Waals surface area contributed by atoms with Crippen LogP contribution in [0, 0.1) is 11.3 Å². The number of ether oxygens (including phenoxy) is 1. The van der Waals surface area contributed by atoms with Gasteiger partial charge < -0.3 is 20.1 Å². The second-order valence-corrected chi connectivity index (χ2v) is 8.04. The summed E-state index contributed by atoms with van der Waals surface area (Å²) in [6, 6.07) is 17.1. The lowest BCUT2D eigenvalue weighted by Crippen LogP contribution is -2.67. The number of rotatable bonds is 5. The fourth-order valence-corrected chi connectivity index (χ4v) is 4.69. The van der Waals surface area contributed by atoms with Gasteiger partial charge in [0, 0.05) is 12.0 Å². The zero-order valence-corrected chi connectivity index (χ0v) is 17.1. The molecule has 2 aliphatic rings. The minimum Gasteiger partial charge on any atom is -0.497 e. The van der Waals surface area contributed by atoms with Gasteiger partial charge in [0.05, 0.1) is 25.8 Å². The molecule has 2 fully saturated rings. The zero-order chi connectivity index (χ0) is 21.1. The molecule has 6 nitrogen and oxygen atoms in total. The van der Waals surface area contributed by atoms with Crippen molar-refractivity contribution in [2.24, 2.45) is 0 Å². The second kappa shape index (κ2) is 8.76. The normalized spacial score (nSPS) is 23.5.